The third-order valence-electron chi connectivity index (χ3n) is 1.54. The van der Waals surface area contributed by atoms with Crippen LogP contribution in [-0.4, -0.2) is 16.0 Å². The molecule has 0 aliphatic rings. The van der Waals surface area contributed by atoms with Gasteiger partial charge in [0, 0.05) is 11.6 Å². The molecule has 1 aromatic rings. The van der Waals surface area contributed by atoms with E-state index in [0.717, 1.165) is 6.07 Å². The molecule has 0 bridgehead atoms. The molecule has 0 atom stereocenters. The minimum Gasteiger partial charge on any atom is -0.266 e. The topological polar surface area (TPSA) is 72.6 Å². The van der Waals surface area contributed by atoms with Gasteiger partial charge in [-0.15, -0.1) is 0 Å². The number of isothiocyanates is 1. The van der Waals surface area contributed by atoms with Crippen LogP contribution >= 0.6 is 23.8 Å². The highest BCUT2D eigenvalue weighted by atomic mass is 35.5. The van der Waals surface area contributed by atoms with Gasteiger partial charge in [-0.25, -0.2) is 0 Å². The Balaban J connectivity index is 3.24. The molecule has 0 aliphatic carbocycles. The second kappa shape index (κ2) is 4.75. The highest BCUT2D eigenvalue weighted by Gasteiger charge is 2.15. The standard InChI is InChI=1S/C8H3ClN2O3S/c9-6-2-1-5(8(12)10-4-15)3-7(6)11(13)14/h1-3H. The SMILES string of the molecule is O=C(N=C=S)c1ccc(Cl)c([N+](=O)[O-])c1. The molecule has 0 fully saturated rings. The van der Waals surface area contributed by atoms with E-state index in [1.807, 2.05) is 5.16 Å². The van der Waals surface area contributed by atoms with Crippen molar-refractivity contribution in [1.29, 1.82) is 0 Å². The van der Waals surface area contributed by atoms with Gasteiger partial charge in [-0.05, 0) is 24.4 Å². The molecule has 76 valence electrons. The summed E-state index contributed by atoms with van der Waals surface area (Å²) >= 11 is 9.79. The third kappa shape index (κ3) is 2.66. The van der Waals surface area contributed by atoms with Gasteiger partial charge in [0.1, 0.15) is 5.02 Å². The van der Waals surface area contributed by atoms with Crippen LogP contribution in [0.5, 0.6) is 0 Å². The largest absolute Gasteiger partial charge is 0.288 e. The Morgan fingerprint density at radius 3 is 2.80 bits per heavy atom. The Labute approximate surface area is 94.5 Å². The summed E-state index contributed by atoms with van der Waals surface area (Å²) in [5, 5.41) is 12.3. The summed E-state index contributed by atoms with van der Waals surface area (Å²) in [4.78, 5) is 24.2. The van der Waals surface area contributed by atoms with Crippen molar-refractivity contribution in [3.8, 4) is 0 Å². The van der Waals surface area contributed by atoms with Crippen LogP contribution < -0.4 is 0 Å². The van der Waals surface area contributed by atoms with Gasteiger partial charge in [0.15, 0.2) is 0 Å². The first-order chi connectivity index (χ1) is 7.06. The Bertz CT molecular complexity index is 483. The molecule has 1 amide bonds. The average molecular weight is 243 g/mol. The van der Waals surface area contributed by atoms with Crippen molar-refractivity contribution in [3.63, 3.8) is 0 Å². The van der Waals surface area contributed by atoms with Gasteiger partial charge in [0.2, 0.25) is 0 Å². The molecule has 0 radical (unpaired) electrons. The lowest BCUT2D eigenvalue weighted by Gasteiger charge is -1.96. The predicted molar refractivity (Wildman–Crippen MR) is 57.5 cm³/mol. The Kier molecular flexibility index (Phi) is 3.62. The van der Waals surface area contributed by atoms with Gasteiger partial charge in [-0.1, -0.05) is 11.6 Å². The maximum absolute atomic E-state index is 11.2. The number of nitrogens with zero attached hydrogens (tertiary/aromatic N) is 2. The summed E-state index contributed by atoms with van der Waals surface area (Å²) in [6.07, 6.45) is 0. The van der Waals surface area contributed by atoms with E-state index in [1.54, 1.807) is 0 Å². The number of carbonyl (C=O) groups is 1. The van der Waals surface area contributed by atoms with E-state index in [0.29, 0.717) is 0 Å². The van der Waals surface area contributed by atoms with Crippen LogP contribution in [0.4, 0.5) is 5.69 Å². The maximum atomic E-state index is 11.2. The van der Waals surface area contributed by atoms with E-state index in [4.69, 9.17) is 11.6 Å². The van der Waals surface area contributed by atoms with Crippen molar-refractivity contribution < 1.29 is 9.72 Å². The Morgan fingerprint density at radius 1 is 1.60 bits per heavy atom. The number of aliphatic imine (C=N–C) groups is 1. The van der Waals surface area contributed by atoms with Crippen LogP contribution in [0.25, 0.3) is 0 Å². The number of halogens is 1. The van der Waals surface area contributed by atoms with E-state index < -0.39 is 10.8 Å². The molecule has 0 saturated carbocycles. The molecule has 1 aromatic carbocycles. The number of rotatable bonds is 2. The minimum atomic E-state index is -0.690. The number of benzene rings is 1. The lowest BCUT2D eigenvalue weighted by Crippen LogP contribution is -1.97. The molecule has 0 unspecified atom stereocenters. The number of amides is 1. The molecule has 1 rings (SSSR count). The molecule has 0 spiro atoms. The molecule has 5 nitrogen and oxygen atoms in total. The zero-order chi connectivity index (χ0) is 11.4. The molecule has 15 heavy (non-hydrogen) atoms. The number of thiocarbonyl (C=S) groups is 1. The second-order valence-corrected chi connectivity index (χ2v) is 3.02. The smallest absolute Gasteiger partial charge is 0.266 e. The molecule has 0 N–H and O–H groups in total. The first kappa shape index (κ1) is 11.5. The summed E-state index contributed by atoms with van der Waals surface area (Å²) < 4.78 is 0. The fourth-order valence-electron chi connectivity index (χ4n) is 0.892. The zero-order valence-electron chi connectivity index (χ0n) is 7.14. The van der Waals surface area contributed by atoms with Crippen LogP contribution in [-0.2, 0) is 0 Å². The van der Waals surface area contributed by atoms with E-state index in [1.165, 1.54) is 12.1 Å². The average Bonchev–Trinajstić information content (AvgIpc) is 2.18. The maximum Gasteiger partial charge on any atom is 0.288 e. The number of hydrogen-bond acceptors (Lipinski definition) is 4. The molecule has 7 heteroatoms. The molecule has 0 aromatic heterocycles. The van der Waals surface area contributed by atoms with E-state index >= 15 is 0 Å². The number of nitro groups is 1. The summed E-state index contributed by atoms with van der Waals surface area (Å²) in [6.45, 7) is 0. The fourth-order valence-corrected chi connectivity index (χ4v) is 1.16. The number of carbonyl (C=O) groups excluding carboxylic acids is 1. The fraction of sp³-hybridized carbons (Fsp3) is 0. The normalized spacial score (nSPS) is 9.13. The van der Waals surface area contributed by atoms with Crippen molar-refractivity contribution in [2.24, 2.45) is 4.99 Å². The molecule has 0 saturated heterocycles. The van der Waals surface area contributed by atoms with Crippen molar-refractivity contribution in [2.75, 3.05) is 0 Å². The van der Waals surface area contributed by atoms with E-state index in [2.05, 4.69) is 17.2 Å². The molecule has 0 heterocycles. The monoisotopic (exact) mass is 242 g/mol. The van der Waals surface area contributed by atoms with Crippen molar-refractivity contribution in [1.82, 2.24) is 0 Å². The van der Waals surface area contributed by atoms with Crippen LogP contribution in [0.2, 0.25) is 5.02 Å². The Morgan fingerprint density at radius 2 is 2.27 bits per heavy atom. The highest BCUT2D eigenvalue weighted by Crippen LogP contribution is 2.25. The van der Waals surface area contributed by atoms with Crippen molar-refractivity contribution >= 4 is 40.6 Å². The van der Waals surface area contributed by atoms with Gasteiger partial charge in [0.25, 0.3) is 11.6 Å². The molecular formula is C8H3ClN2O3S. The summed E-state index contributed by atoms with van der Waals surface area (Å²) in [7, 11) is 0. The van der Waals surface area contributed by atoms with Gasteiger partial charge in [0.05, 0.1) is 10.1 Å². The van der Waals surface area contributed by atoms with Crippen molar-refractivity contribution in [2.45, 2.75) is 0 Å². The lowest BCUT2D eigenvalue weighted by molar-refractivity contribution is -0.384. The van der Waals surface area contributed by atoms with E-state index in [9.17, 15) is 14.9 Å². The van der Waals surface area contributed by atoms with Gasteiger partial charge < -0.3 is 0 Å². The van der Waals surface area contributed by atoms with Gasteiger partial charge >= 0.3 is 0 Å². The minimum absolute atomic E-state index is 0.0390. The zero-order valence-corrected chi connectivity index (χ0v) is 8.71. The highest BCUT2D eigenvalue weighted by molar-refractivity contribution is 7.78. The first-order valence-corrected chi connectivity index (χ1v) is 4.41. The molecular weight excluding hydrogens is 240 g/mol. The molecule has 0 aliphatic heterocycles. The third-order valence-corrected chi connectivity index (χ3v) is 1.95. The lowest BCUT2D eigenvalue weighted by atomic mass is 10.2. The Hall–Kier alpha value is -1.62. The summed E-state index contributed by atoms with van der Waals surface area (Å²) in [6, 6.07) is 3.63. The predicted octanol–water partition coefficient (Wildman–Crippen LogP) is 2.49. The number of nitro benzene ring substituents is 1. The van der Waals surface area contributed by atoms with Gasteiger partial charge in [-0.2, -0.15) is 4.99 Å². The van der Waals surface area contributed by atoms with Gasteiger partial charge in [-0.3, -0.25) is 14.9 Å². The second-order valence-electron chi connectivity index (χ2n) is 2.43. The summed E-state index contributed by atoms with van der Waals surface area (Å²) in [5.41, 5.74) is -0.300. The van der Waals surface area contributed by atoms with Crippen LogP contribution in [0.15, 0.2) is 23.2 Å². The van der Waals surface area contributed by atoms with Crippen LogP contribution in [0, 0.1) is 10.1 Å². The summed E-state index contributed by atoms with van der Waals surface area (Å²) in [5.74, 6) is -0.690. The quantitative estimate of drug-likeness (QED) is 0.346. The first-order valence-electron chi connectivity index (χ1n) is 3.62. The van der Waals surface area contributed by atoms with Crippen molar-refractivity contribution in [3.05, 3.63) is 38.9 Å². The van der Waals surface area contributed by atoms with E-state index in [-0.39, 0.29) is 16.3 Å². The number of hydrogen-bond donors (Lipinski definition) is 0. The van der Waals surface area contributed by atoms with Crippen LogP contribution in [0.3, 0.4) is 0 Å². The van der Waals surface area contributed by atoms with Crippen LogP contribution in [0.1, 0.15) is 10.4 Å².